The fourth-order valence-electron chi connectivity index (χ4n) is 4.13. The third-order valence-corrected chi connectivity index (χ3v) is 7.26. The van der Waals surface area contributed by atoms with Crippen molar-refractivity contribution in [3.63, 3.8) is 0 Å². The van der Waals surface area contributed by atoms with Crippen LogP contribution in [-0.4, -0.2) is 24.1 Å². The van der Waals surface area contributed by atoms with Gasteiger partial charge in [-0.15, -0.1) is 0 Å². The maximum Gasteiger partial charge on any atom is 0.435 e. The molecule has 1 N–H and O–H groups in total. The molecule has 1 saturated carbocycles. The van der Waals surface area contributed by atoms with Gasteiger partial charge in [0.25, 0.3) is 10.0 Å². The van der Waals surface area contributed by atoms with E-state index < -0.39 is 27.8 Å². The van der Waals surface area contributed by atoms with Crippen molar-refractivity contribution in [2.45, 2.75) is 56.0 Å². The van der Waals surface area contributed by atoms with Gasteiger partial charge >= 0.3 is 6.18 Å². The molecule has 0 aliphatic heterocycles. The van der Waals surface area contributed by atoms with Crippen molar-refractivity contribution < 1.29 is 26.4 Å². The fourth-order valence-corrected chi connectivity index (χ4v) is 5.18. The smallest absolute Gasteiger partial charge is 0.274 e. The lowest BCUT2D eigenvalue weighted by atomic mass is 9.89. The van der Waals surface area contributed by atoms with E-state index in [9.17, 15) is 26.4 Å². The summed E-state index contributed by atoms with van der Waals surface area (Å²) in [7, 11) is -4.09. The van der Waals surface area contributed by atoms with Gasteiger partial charge in [0.1, 0.15) is 0 Å². The molecule has 1 aromatic carbocycles. The lowest BCUT2D eigenvalue weighted by Crippen LogP contribution is -2.36. The summed E-state index contributed by atoms with van der Waals surface area (Å²) in [4.78, 5) is 12.2. The van der Waals surface area contributed by atoms with E-state index in [4.69, 9.17) is 0 Å². The van der Waals surface area contributed by atoms with Crippen LogP contribution in [0.4, 0.5) is 13.2 Å². The van der Waals surface area contributed by atoms with E-state index in [-0.39, 0.29) is 22.2 Å². The highest BCUT2D eigenvalue weighted by molar-refractivity contribution is 7.90. The van der Waals surface area contributed by atoms with Gasteiger partial charge in [0.15, 0.2) is 5.69 Å². The Bertz CT molecular complexity index is 1190. The van der Waals surface area contributed by atoms with E-state index >= 15 is 0 Å². The zero-order valence-electron chi connectivity index (χ0n) is 17.8. The van der Waals surface area contributed by atoms with Gasteiger partial charge in [0.05, 0.1) is 16.3 Å². The lowest BCUT2D eigenvalue weighted by molar-refractivity contribution is -0.141. The second-order valence-electron chi connectivity index (χ2n) is 8.26. The number of sulfonamides is 1. The van der Waals surface area contributed by atoms with E-state index in [0.717, 1.165) is 36.4 Å². The number of hydrogen-bond donors (Lipinski definition) is 1. The molecule has 1 aromatic heterocycles. The third kappa shape index (κ3) is 5.21. The first-order chi connectivity index (χ1) is 15.6. The number of nitrogens with zero attached hydrogens (tertiary/aromatic N) is 2. The molecule has 1 heterocycles. The predicted octanol–water partition coefficient (Wildman–Crippen LogP) is 5.01. The fraction of sp³-hybridized carbons (Fsp3) is 0.391. The van der Waals surface area contributed by atoms with Crippen LogP contribution in [-0.2, 0) is 21.0 Å². The minimum absolute atomic E-state index is 0.142. The van der Waals surface area contributed by atoms with Gasteiger partial charge in [0.2, 0.25) is 5.91 Å². The van der Waals surface area contributed by atoms with Crippen molar-refractivity contribution in [1.29, 1.82) is 0 Å². The Morgan fingerprint density at radius 2 is 1.76 bits per heavy atom. The average Bonchev–Trinajstić information content (AvgIpc) is 3.26. The summed E-state index contributed by atoms with van der Waals surface area (Å²) in [5, 5.41) is 3.73. The minimum Gasteiger partial charge on any atom is -0.274 e. The summed E-state index contributed by atoms with van der Waals surface area (Å²) in [6.45, 7) is 0. The molecule has 6 nitrogen and oxygen atoms in total. The van der Waals surface area contributed by atoms with Crippen LogP contribution in [0.2, 0.25) is 0 Å². The summed E-state index contributed by atoms with van der Waals surface area (Å²) in [6.07, 6.45) is 6.51. The van der Waals surface area contributed by atoms with E-state index in [1.165, 1.54) is 24.3 Å². The van der Waals surface area contributed by atoms with E-state index in [1.807, 2.05) is 12.2 Å². The summed E-state index contributed by atoms with van der Waals surface area (Å²) in [6, 6.07) is 6.26. The number of nitrogens with one attached hydrogen (secondary N) is 1. The quantitative estimate of drug-likeness (QED) is 0.654. The van der Waals surface area contributed by atoms with Crippen LogP contribution >= 0.6 is 0 Å². The molecule has 0 radical (unpaired) electrons. The number of allylic oxidation sites excluding steroid dienone is 4. The van der Waals surface area contributed by atoms with E-state index in [1.54, 1.807) is 6.08 Å². The predicted molar refractivity (Wildman–Crippen MR) is 117 cm³/mol. The molecule has 1 fully saturated rings. The number of halogens is 3. The number of benzene rings is 1. The highest BCUT2D eigenvalue weighted by atomic mass is 32.2. The Labute approximate surface area is 190 Å². The average molecular weight is 480 g/mol. The molecule has 2 aliphatic carbocycles. The number of carbonyl (C=O) groups is 1. The zero-order valence-corrected chi connectivity index (χ0v) is 18.6. The summed E-state index contributed by atoms with van der Waals surface area (Å²) in [5.41, 5.74) is 0.118. The van der Waals surface area contributed by atoms with Gasteiger partial charge in [-0.1, -0.05) is 37.5 Å². The Morgan fingerprint density at radius 1 is 1.06 bits per heavy atom. The van der Waals surface area contributed by atoms with Gasteiger partial charge < -0.3 is 0 Å². The molecule has 2 aliphatic rings. The standard InChI is InChI=1S/C23H24F3N3O3S/c24-23(25,26)21-15-20(16-7-3-1-4-8-16)29(27-21)18-11-13-19(14-12-18)33(31,32)28-22(30)17-9-5-2-6-10-17/h3,7-8,11-15,17H,1-2,4-6,9-10H2,(H,28,30). The number of aromatic nitrogens is 2. The third-order valence-electron chi connectivity index (χ3n) is 5.89. The number of alkyl halides is 3. The zero-order chi connectivity index (χ0) is 23.6. The topological polar surface area (TPSA) is 81.1 Å². The minimum atomic E-state index is -4.62. The number of carbonyl (C=O) groups excluding carboxylic acids is 1. The Kier molecular flexibility index (Phi) is 6.47. The molecule has 0 unspecified atom stereocenters. The molecule has 0 bridgehead atoms. The van der Waals surface area contributed by atoms with Gasteiger partial charge in [-0.25, -0.2) is 17.8 Å². The van der Waals surface area contributed by atoms with E-state index in [2.05, 4.69) is 9.82 Å². The van der Waals surface area contributed by atoms with Crippen LogP contribution in [0.15, 0.2) is 53.5 Å². The van der Waals surface area contributed by atoms with Crippen molar-refractivity contribution >= 4 is 21.5 Å². The normalized spacial score (nSPS) is 17.6. The van der Waals surface area contributed by atoms with Crippen LogP contribution in [0, 0.1) is 5.92 Å². The number of rotatable bonds is 5. The van der Waals surface area contributed by atoms with Crippen molar-refractivity contribution in [2.24, 2.45) is 5.92 Å². The first-order valence-electron chi connectivity index (χ1n) is 10.9. The molecular weight excluding hydrogens is 455 g/mol. The van der Waals surface area contributed by atoms with Crippen LogP contribution in [0.3, 0.4) is 0 Å². The lowest BCUT2D eigenvalue weighted by Gasteiger charge is -2.20. The van der Waals surface area contributed by atoms with Crippen molar-refractivity contribution in [1.82, 2.24) is 14.5 Å². The van der Waals surface area contributed by atoms with Gasteiger partial charge in [0, 0.05) is 5.92 Å². The first kappa shape index (κ1) is 23.3. The van der Waals surface area contributed by atoms with Crippen LogP contribution in [0.5, 0.6) is 0 Å². The highest BCUT2D eigenvalue weighted by Crippen LogP contribution is 2.33. The largest absolute Gasteiger partial charge is 0.435 e. The Morgan fingerprint density at radius 3 is 2.36 bits per heavy atom. The van der Waals surface area contributed by atoms with Gasteiger partial charge in [-0.2, -0.15) is 18.3 Å². The molecule has 0 saturated heterocycles. The van der Waals surface area contributed by atoms with E-state index in [0.29, 0.717) is 24.8 Å². The van der Waals surface area contributed by atoms with Crippen molar-refractivity contribution in [3.05, 3.63) is 59.9 Å². The summed E-state index contributed by atoms with van der Waals surface area (Å²) < 4.78 is 68.6. The maximum absolute atomic E-state index is 13.3. The first-order valence-corrected chi connectivity index (χ1v) is 12.3. The molecular formula is C23H24F3N3O3S. The number of hydrogen-bond acceptors (Lipinski definition) is 4. The van der Waals surface area contributed by atoms with Crippen molar-refractivity contribution in [2.75, 3.05) is 0 Å². The molecule has 1 amide bonds. The number of amides is 1. The maximum atomic E-state index is 13.3. The monoisotopic (exact) mass is 479 g/mol. The van der Waals surface area contributed by atoms with Crippen molar-refractivity contribution in [3.8, 4) is 5.69 Å². The molecule has 10 heteroatoms. The SMILES string of the molecule is O=C(NS(=O)(=O)c1ccc(-n2nc(C(F)(F)F)cc2C2=CCCC=C2)cc1)C1CCCCC1. The Balaban J connectivity index is 1.61. The summed E-state index contributed by atoms with van der Waals surface area (Å²) >= 11 is 0. The molecule has 2 aromatic rings. The molecule has 0 spiro atoms. The van der Waals surface area contributed by atoms with Gasteiger partial charge in [-0.3, -0.25) is 4.79 Å². The van der Waals surface area contributed by atoms with Crippen LogP contribution < -0.4 is 4.72 Å². The van der Waals surface area contributed by atoms with Crippen LogP contribution in [0.1, 0.15) is 56.3 Å². The Hall–Kier alpha value is -2.88. The molecule has 176 valence electrons. The molecule has 4 rings (SSSR count). The molecule has 0 atom stereocenters. The molecule has 33 heavy (non-hydrogen) atoms. The summed E-state index contributed by atoms with van der Waals surface area (Å²) in [5.74, 6) is -0.837. The van der Waals surface area contributed by atoms with Gasteiger partial charge in [-0.05, 0) is 61.6 Å². The second kappa shape index (κ2) is 9.17. The van der Waals surface area contributed by atoms with Crippen LogP contribution in [0.25, 0.3) is 11.3 Å². The second-order valence-corrected chi connectivity index (χ2v) is 9.94. The highest BCUT2D eigenvalue weighted by Gasteiger charge is 2.35.